The molecule has 2 heterocycles. The van der Waals surface area contributed by atoms with Crippen molar-refractivity contribution in [1.82, 2.24) is 15.5 Å². The Bertz CT molecular complexity index is 569. The molecule has 1 saturated heterocycles. The van der Waals surface area contributed by atoms with Crippen LogP contribution in [0, 0.1) is 5.82 Å². The average molecular weight is 278 g/mol. The number of nitrogens with zero attached hydrogens (tertiary/aromatic N) is 3. The topological polar surface area (TPSA) is 63.4 Å². The van der Waals surface area contributed by atoms with E-state index in [1.807, 2.05) is 4.90 Å². The predicted molar refractivity (Wildman–Crippen MR) is 70.1 cm³/mol. The molecule has 0 saturated carbocycles. The molecule has 1 aliphatic heterocycles. The smallest absolute Gasteiger partial charge is 0.318 e. The van der Waals surface area contributed by atoms with Gasteiger partial charge in [-0.1, -0.05) is 11.2 Å². The Morgan fingerprint density at radius 3 is 2.95 bits per heavy atom. The first-order valence-electron chi connectivity index (χ1n) is 6.48. The van der Waals surface area contributed by atoms with Crippen LogP contribution in [0.15, 0.2) is 28.7 Å². The fourth-order valence-electron chi connectivity index (χ4n) is 1.99. The lowest BCUT2D eigenvalue weighted by Crippen LogP contribution is -2.43. The van der Waals surface area contributed by atoms with E-state index in [0.717, 1.165) is 26.2 Å². The number of piperazine rings is 1. The largest absolute Gasteiger partial charge is 0.484 e. The van der Waals surface area contributed by atoms with Crippen molar-refractivity contribution in [3.05, 3.63) is 36.0 Å². The molecule has 106 valence electrons. The normalized spacial score (nSPS) is 15.3. The number of nitrogens with one attached hydrogen (secondary N) is 1. The van der Waals surface area contributed by atoms with Crippen molar-refractivity contribution in [1.29, 1.82) is 0 Å². The van der Waals surface area contributed by atoms with Crippen LogP contribution in [-0.2, 0) is 6.61 Å². The number of anilines is 1. The third kappa shape index (κ3) is 3.05. The highest BCUT2D eigenvalue weighted by molar-refractivity contribution is 5.25. The van der Waals surface area contributed by atoms with Gasteiger partial charge in [0.15, 0.2) is 6.61 Å². The van der Waals surface area contributed by atoms with E-state index in [1.54, 1.807) is 12.1 Å². The van der Waals surface area contributed by atoms with Crippen molar-refractivity contribution in [2.45, 2.75) is 6.61 Å². The molecule has 1 aromatic heterocycles. The number of rotatable bonds is 4. The zero-order valence-corrected chi connectivity index (χ0v) is 10.9. The van der Waals surface area contributed by atoms with Crippen molar-refractivity contribution < 1.29 is 13.5 Å². The van der Waals surface area contributed by atoms with Gasteiger partial charge in [-0.15, -0.1) is 5.10 Å². The molecule has 0 spiro atoms. The first-order valence-corrected chi connectivity index (χ1v) is 6.48. The lowest BCUT2D eigenvalue weighted by atomic mass is 10.3. The van der Waals surface area contributed by atoms with Crippen LogP contribution in [0.3, 0.4) is 0 Å². The summed E-state index contributed by atoms with van der Waals surface area (Å²) in [6.07, 6.45) is 0. The minimum atomic E-state index is -0.338. The van der Waals surface area contributed by atoms with Crippen LogP contribution in [0.25, 0.3) is 0 Å². The van der Waals surface area contributed by atoms with Gasteiger partial charge in [-0.2, -0.15) is 0 Å². The quantitative estimate of drug-likeness (QED) is 0.906. The molecule has 20 heavy (non-hydrogen) atoms. The van der Waals surface area contributed by atoms with E-state index in [0.29, 0.717) is 17.7 Å². The van der Waals surface area contributed by atoms with E-state index in [9.17, 15) is 4.39 Å². The highest BCUT2D eigenvalue weighted by Gasteiger charge is 2.16. The number of aromatic nitrogens is 2. The molecule has 0 unspecified atom stereocenters. The van der Waals surface area contributed by atoms with Crippen LogP contribution in [0.5, 0.6) is 5.75 Å². The summed E-state index contributed by atoms with van der Waals surface area (Å²) in [7, 11) is 0. The third-order valence-electron chi connectivity index (χ3n) is 3.00. The second-order valence-corrected chi connectivity index (χ2v) is 4.46. The van der Waals surface area contributed by atoms with Crippen LogP contribution >= 0.6 is 0 Å². The molecular formula is C13H15FN4O2. The molecule has 1 N–H and O–H groups in total. The lowest BCUT2D eigenvalue weighted by Gasteiger charge is -2.24. The summed E-state index contributed by atoms with van der Waals surface area (Å²) in [5.41, 5.74) is 0. The van der Waals surface area contributed by atoms with Gasteiger partial charge in [0.05, 0.1) is 0 Å². The molecule has 1 aromatic carbocycles. The summed E-state index contributed by atoms with van der Waals surface area (Å²) < 4.78 is 23.9. The molecular weight excluding hydrogens is 263 g/mol. The second-order valence-electron chi connectivity index (χ2n) is 4.46. The molecule has 7 heteroatoms. The van der Waals surface area contributed by atoms with Crippen molar-refractivity contribution in [2.24, 2.45) is 0 Å². The highest BCUT2D eigenvalue weighted by Crippen LogP contribution is 2.16. The van der Waals surface area contributed by atoms with Gasteiger partial charge in [0.25, 0.3) is 5.89 Å². The van der Waals surface area contributed by atoms with E-state index in [2.05, 4.69) is 15.5 Å². The third-order valence-corrected chi connectivity index (χ3v) is 3.00. The van der Waals surface area contributed by atoms with Crippen LogP contribution < -0.4 is 15.0 Å². The zero-order chi connectivity index (χ0) is 13.8. The van der Waals surface area contributed by atoms with E-state index in [4.69, 9.17) is 9.15 Å². The number of halogens is 1. The fourth-order valence-corrected chi connectivity index (χ4v) is 1.99. The molecule has 0 radical (unpaired) electrons. The summed E-state index contributed by atoms with van der Waals surface area (Å²) in [4.78, 5) is 2.02. The standard InChI is InChI=1S/C13H15FN4O2/c14-10-2-1-3-11(8-10)19-9-12-16-17-13(20-12)18-6-4-15-5-7-18/h1-3,8,15H,4-7,9H2. The van der Waals surface area contributed by atoms with Crippen molar-refractivity contribution >= 4 is 6.01 Å². The molecule has 1 aliphatic rings. The Labute approximate surface area is 115 Å². The summed E-state index contributed by atoms with van der Waals surface area (Å²) in [6.45, 7) is 3.61. The van der Waals surface area contributed by atoms with Crippen molar-refractivity contribution in [2.75, 3.05) is 31.1 Å². The number of benzene rings is 1. The molecule has 0 bridgehead atoms. The maximum atomic E-state index is 13.0. The zero-order valence-electron chi connectivity index (χ0n) is 10.9. The first-order chi connectivity index (χ1) is 9.81. The van der Waals surface area contributed by atoms with Gasteiger partial charge in [0, 0.05) is 32.2 Å². The lowest BCUT2D eigenvalue weighted by molar-refractivity contribution is 0.262. The van der Waals surface area contributed by atoms with Gasteiger partial charge in [-0.25, -0.2) is 4.39 Å². The van der Waals surface area contributed by atoms with E-state index < -0.39 is 0 Å². The molecule has 6 nitrogen and oxygen atoms in total. The number of hydrogen-bond donors (Lipinski definition) is 1. The van der Waals surface area contributed by atoms with Gasteiger partial charge >= 0.3 is 6.01 Å². The Morgan fingerprint density at radius 2 is 2.15 bits per heavy atom. The molecule has 3 rings (SSSR count). The minimum Gasteiger partial charge on any atom is -0.484 e. The van der Waals surface area contributed by atoms with Gasteiger partial charge in [0.2, 0.25) is 0 Å². The molecule has 0 aliphatic carbocycles. The Kier molecular flexibility index (Phi) is 3.78. The predicted octanol–water partition coefficient (Wildman–Crippen LogP) is 1.20. The van der Waals surface area contributed by atoms with Crippen molar-refractivity contribution in [3.8, 4) is 5.75 Å². The Morgan fingerprint density at radius 1 is 1.30 bits per heavy atom. The molecule has 2 aromatic rings. The van der Waals surface area contributed by atoms with E-state index in [1.165, 1.54) is 12.1 Å². The van der Waals surface area contributed by atoms with E-state index in [-0.39, 0.29) is 12.4 Å². The summed E-state index contributed by atoms with van der Waals surface area (Å²) in [5.74, 6) is 0.476. The van der Waals surface area contributed by atoms with Gasteiger partial charge in [-0.05, 0) is 12.1 Å². The van der Waals surface area contributed by atoms with Crippen LogP contribution in [-0.4, -0.2) is 36.4 Å². The molecule has 0 amide bonds. The monoisotopic (exact) mass is 278 g/mol. The first kappa shape index (κ1) is 12.9. The van der Waals surface area contributed by atoms with Crippen molar-refractivity contribution in [3.63, 3.8) is 0 Å². The van der Waals surface area contributed by atoms with Gasteiger partial charge < -0.3 is 19.4 Å². The SMILES string of the molecule is Fc1cccc(OCc2nnc(N3CCNCC3)o2)c1. The van der Waals surface area contributed by atoms with E-state index >= 15 is 0 Å². The Balaban J connectivity index is 1.59. The van der Waals surface area contributed by atoms with Crippen LogP contribution in [0.4, 0.5) is 10.4 Å². The van der Waals surface area contributed by atoms with Gasteiger partial charge in [0.1, 0.15) is 11.6 Å². The summed E-state index contributed by atoms with van der Waals surface area (Å²) in [6, 6.07) is 6.45. The fraction of sp³-hybridized carbons (Fsp3) is 0.385. The van der Waals surface area contributed by atoms with Crippen LogP contribution in [0.1, 0.15) is 5.89 Å². The number of hydrogen-bond acceptors (Lipinski definition) is 6. The van der Waals surface area contributed by atoms with Gasteiger partial charge in [-0.3, -0.25) is 0 Å². The average Bonchev–Trinajstić information content (AvgIpc) is 2.95. The maximum Gasteiger partial charge on any atom is 0.318 e. The maximum absolute atomic E-state index is 13.0. The van der Waals surface area contributed by atoms with Crippen LogP contribution in [0.2, 0.25) is 0 Å². The molecule has 0 atom stereocenters. The number of ether oxygens (including phenoxy) is 1. The summed E-state index contributed by atoms with van der Waals surface area (Å²) >= 11 is 0. The molecule has 1 fully saturated rings. The highest BCUT2D eigenvalue weighted by atomic mass is 19.1. The Hall–Kier alpha value is -2.15. The second kappa shape index (κ2) is 5.87. The summed E-state index contributed by atoms with van der Waals surface area (Å²) in [5, 5.41) is 11.2. The minimum absolute atomic E-state index is 0.128.